The Morgan fingerprint density at radius 3 is 2.32 bits per heavy atom. The normalized spacial score (nSPS) is 32.9. The number of nitrogens with one attached hydrogen (secondary N) is 2. The zero-order chi connectivity index (χ0) is 26.3. The van der Waals surface area contributed by atoms with Crippen LogP contribution in [0.3, 0.4) is 0 Å². The lowest BCUT2D eigenvalue weighted by Gasteiger charge is -2.34. The molecule has 202 valence electrons. The van der Waals surface area contributed by atoms with Crippen molar-refractivity contribution in [2.24, 2.45) is 23.2 Å². The summed E-state index contributed by atoms with van der Waals surface area (Å²) in [6.45, 7) is 1.72. The van der Waals surface area contributed by atoms with Crippen molar-refractivity contribution in [3.05, 3.63) is 23.5 Å². The van der Waals surface area contributed by atoms with Crippen LogP contribution >= 0.6 is 0 Å². The molecular weight excluding hydrogens is 479 g/mol. The lowest BCUT2D eigenvalue weighted by Crippen LogP contribution is -2.52. The highest BCUT2D eigenvalue weighted by atomic mass is 19.1. The van der Waals surface area contributed by atoms with Crippen LogP contribution in [0.2, 0.25) is 0 Å². The smallest absolute Gasteiger partial charge is 0.309 e. The summed E-state index contributed by atoms with van der Waals surface area (Å²) in [5, 5.41) is 15.7. The first-order valence-corrected chi connectivity index (χ1v) is 13.6. The van der Waals surface area contributed by atoms with Crippen molar-refractivity contribution < 1.29 is 33.4 Å². The number of carboxylic acids is 1. The molecule has 1 aromatic rings. The number of methoxy groups -OCH3 is 1. The molecule has 9 heteroatoms. The zero-order valence-corrected chi connectivity index (χ0v) is 21.6. The number of fused-ring (bicyclic) bond motifs is 2. The van der Waals surface area contributed by atoms with Gasteiger partial charge in [0.25, 0.3) is 5.91 Å². The number of halogens is 1. The number of rotatable bonds is 8. The summed E-state index contributed by atoms with van der Waals surface area (Å²) < 4.78 is 26.1. The number of hydrogen-bond donors (Lipinski definition) is 3. The summed E-state index contributed by atoms with van der Waals surface area (Å²) in [5.74, 6) is -1.54. The average molecular weight is 517 g/mol. The minimum atomic E-state index is -0.833. The van der Waals surface area contributed by atoms with Gasteiger partial charge in [0.1, 0.15) is 5.75 Å². The SMILES string of the molecule is COc1cc(F)c(O[C@H]2CC[C@@](C)(C(=O)O)CC2)cc1C(=O)N[C@@H]1[C@H]2CC[C@H](C2)[C@@H]1C(=O)NC1CCC1. The molecule has 0 heterocycles. The maximum absolute atomic E-state index is 14.9. The number of carbonyl (C=O) groups excluding carboxylic acids is 2. The van der Waals surface area contributed by atoms with E-state index in [4.69, 9.17) is 9.47 Å². The number of hydrogen-bond acceptors (Lipinski definition) is 5. The Labute approximate surface area is 216 Å². The van der Waals surface area contributed by atoms with Crippen molar-refractivity contribution in [1.82, 2.24) is 10.6 Å². The van der Waals surface area contributed by atoms with E-state index in [0.29, 0.717) is 25.7 Å². The molecule has 0 radical (unpaired) electrons. The van der Waals surface area contributed by atoms with Crippen molar-refractivity contribution in [2.75, 3.05) is 7.11 Å². The molecule has 3 N–H and O–H groups in total. The second-order valence-corrected chi connectivity index (χ2v) is 11.7. The van der Waals surface area contributed by atoms with Crippen molar-refractivity contribution in [1.29, 1.82) is 0 Å². The summed E-state index contributed by atoms with van der Waals surface area (Å²) >= 11 is 0. The van der Waals surface area contributed by atoms with Crippen LogP contribution < -0.4 is 20.1 Å². The van der Waals surface area contributed by atoms with Crippen LogP contribution in [0.4, 0.5) is 4.39 Å². The number of benzene rings is 1. The highest BCUT2D eigenvalue weighted by Gasteiger charge is 2.52. The fraction of sp³-hybridized carbons (Fsp3) is 0.679. The van der Waals surface area contributed by atoms with Gasteiger partial charge in [0.05, 0.1) is 30.1 Å². The molecule has 0 aromatic heterocycles. The van der Waals surface area contributed by atoms with Gasteiger partial charge in [0.2, 0.25) is 5.91 Å². The molecule has 0 aliphatic heterocycles. The largest absolute Gasteiger partial charge is 0.496 e. The van der Waals surface area contributed by atoms with Crippen molar-refractivity contribution >= 4 is 17.8 Å². The van der Waals surface area contributed by atoms with Crippen LogP contribution in [0, 0.1) is 29.0 Å². The monoisotopic (exact) mass is 516 g/mol. The minimum Gasteiger partial charge on any atom is -0.496 e. The molecular formula is C28H37FN2O6. The molecule has 0 saturated heterocycles. The first kappa shape index (κ1) is 25.8. The molecule has 0 unspecified atom stereocenters. The van der Waals surface area contributed by atoms with Crippen molar-refractivity contribution in [3.8, 4) is 11.5 Å². The fourth-order valence-corrected chi connectivity index (χ4v) is 6.67. The molecule has 8 nitrogen and oxygen atoms in total. The first-order valence-electron chi connectivity index (χ1n) is 13.6. The summed E-state index contributed by atoms with van der Waals surface area (Å²) in [5.41, 5.74) is -0.642. The Morgan fingerprint density at radius 2 is 1.70 bits per heavy atom. The number of ether oxygens (including phenoxy) is 2. The molecule has 4 fully saturated rings. The Bertz CT molecular complexity index is 1060. The van der Waals surface area contributed by atoms with Crippen LogP contribution in [0.15, 0.2) is 12.1 Å². The van der Waals surface area contributed by atoms with Crippen LogP contribution in [0.1, 0.15) is 81.5 Å². The van der Waals surface area contributed by atoms with E-state index >= 15 is 0 Å². The molecule has 37 heavy (non-hydrogen) atoms. The maximum Gasteiger partial charge on any atom is 0.309 e. The van der Waals surface area contributed by atoms with Gasteiger partial charge in [0.15, 0.2) is 11.6 Å². The molecule has 4 aliphatic rings. The molecule has 4 atom stereocenters. The van der Waals surface area contributed by atoms with Gasteiger partial charge < -0.3 is 25.2 Å². The predicted octanol–water partition coefficient (Wildman–Crippen LogP) is 4.06. The third-order valence-corrected chi connectivity index (χ3v) is 9.31. The molecule has 4 saturated carbocycles. The molecule has 5 rings (SSSR count). The van der Waals surface area contributed by atoms with Gasteiger partial charge in [-0.25, -0.2) is 4.39 Å². The van der Waals surface area contributed by atoms with E-state index in [0.717, 1.165) is 44.6 Å². The summed E-state index contributed by atoms with van der Waals surface area (Å²) in [6, 6.07) is 2.49. The van der Waals surface area contributed by atoms with E-state index in [1.54, 1.807) is 6.92 Å². The lowest BCUT2D eigenvalue weighted by atomic mass is 9.75. The quantitative estimate of drug-likeness (QED) is 0.480. The summed E-state index contributed by atoms with van der Waals surface area (Å²) in [7, 11) is 1.38. The number of carboxylic acid groups (broad SMARTS) is 1. The van der Waals surface area contributed by atoms with Crippen LogP contribution in [0.5, 0.6) is 11.5 Å². The Kier molecular flexibility index (Phi) is 7.07. The second-order valence-electron chi connectivity index (χ2n) is 11.7. The fourth-order valence-electron chi connectivity index (χ4n) is 6.67. The number of carbonyl (C=O) groups is 3. The second kappa shape index (κ2) is 10.1. The third-order valence-electron chi connectivity index (χ3n) is 9.31. The molecule has 0 spiro atoms. The summed E-state index contributed by atoms with van der Waals surface area (Å²) in [4.78, 5) is 38.1. The van der Waals surface area contributed by atoms with E-state index in [1.165, 1.54) is 13.2 Å². The summed E-state index contributed by atoms with van der Waals surface area (Å²) in [6.07, 6.45) is 7.57. The van der Waals surface area contributed by atoms with E-state index in [9.17, 15) is 23.9 Å². The standard InChI is InChI=1S/C28H37FN2O6/c1-28(27(34)35)10-8-18(9-11-28)37-22-13-19(21(36-2)14-20(22)29)25(32)31-24-16-7-6-15(12-16)23(24)26(33)30-17-4-3-5-17/h13-18,23-24H,3-12H2,1-2H3,(H,30,33)(H,31,32)(H,34,35)/t15-,16+,18-,23+,24-,28+/m1/s1. The van der Waals surface area contributed by atoms with Gasteiger partial charge in [0, 0.05) is 18.2 Å². The maximum atomic E-state index is 14.9. The number of aliphatic carboxylic acids is 1. The number of amides is 2. The topological polar surface area (TPSA) is 114 Å². The van der Waals surface area contributed by atoms with Gasteiger partial charge in [-0.2, -0.15) is 0 Å². The predicted molar refractivity (Wildman–Crippen MR) is 133 cm³/mol. The van der Waals surface area contributed by atoms with Gasteiger partial charge in [-0.05, 0) is 89.0 Å². The highest BCUT2D eigenvalue weighted by Crippen LogP contribution is 2.49. The average Bonchev–Trinajstić information content (AvgIpc) is 3.45. The lowest BCUT2D eigenvalue weighted by molar-refractivity contribution is -0.150. The Balaban J connectivity index is 1.30. The minimum absolute atomic E-state index is 0.0305. The van der Waals surface area contributed by atoms with E-state index in [2.05, 4.69) is 10.6 Å². The van der Waals surface area contributed by atoms with Crippen molar-refractivity contribution in [3.63, 3.8) is 0 Å². The van der Waals surface area contributed by atoms with Crippen LogP contribution in [0.25, 0.3) is 0 Å². The third kappa shape index (κ3) is 5.01. The van der Waals surface area contributed by atoms with Gasteiger partial charge in [-0.3, -0.25) is 14.4 Å². The molecule has 2 amide bonds. The van der Waals surface area contributed by atoms with Gasteiger partial charge in [-0.1, -0.05) is 0 Å². The van der Waals surface area contributed by atoms with E-state index in [1.807, 2.05) is 0 Å². The molecule has 4 aliphatic carbocycles. The molecule has 2 bridgehead atoms. The molecule has 1 aromatic carbocycles. The van der Waals surface area contributed by atoms with Gasteiger partial charge in [-0.15, -0.1) is 0 Å². The Morgan fingerprint density at radius 1 is 1.00 bits per heavy atom. The highest BCUT2D eigenvalue weighted by molar-refractivity contribution is 5.98. The Hall–Kier alpha value is -2.84. The van der Waals surface area contributed by atoms with Crippen LogP contribution in [-0.2, 0) is 9.59 Å². The van der Waals surface area contributed by atoms with E-state index in [-0.39, 0.29) is 58.9 Å². The van der Waals surface area contributed by atoms with E-state index < -0.39 is 23.1 Å². The van der Waals surface area contributed by atoms with Gasteiger partial charge >= 0.3 is 5.97 Å². The zero-order valence-electron chi connectivity index (χ0n) is 21.6. The van der Waals surface area contributed by atoms with Crippen LogP contribution in [-0.4, -0.2) is 48.2 Å². The first-order chi connectivity index (χ1) is 17.7. The van der Waals surface area contributed by atoms with Crippen molar-refractivity contribution in [2.45, 2.75) is 89.3 Å².